The minimum Gasteiger partial charge on any atom is -0.388 e. The number of thiocarbonyl (C=S) groups is 1. The van der Waals surface area contributed by atoms with Crippen LogP contribution >= 0.6 is 12.2 Å². The smallest absolute Gasteiger partial charge is 0.122 e. The molecule has 1 rings (SSSR count). The summed E-state index contributed by atoms with van der Waals surface area (Å²) in [6, 6.07) is 3.92. The standard InChI is InChI=1S/C12H19N3OS/c1-15(6-3-7-16-2)9-10-4-5-14-11(8-10)12(13)17/h4-5,8H,3,6-7,9H2,1-2H3,(H2,13,17). The zero-order valence-corrected chi connectivity index (χ0v) is 11.2. The fraction of sp³-hybridized carbons (Fsp3) is 0.500. The zero-order chi connectivity index (χ0) is 12.7. The van der Waals surface area contributed by atoms with Gasteiger partial charge in [0.2, 0.25) is 0 Å². The predicted octanol–water partition coefficient (Wildman–Crippen LogP) is 1.18. The predicted molar refractivity (Wildman–Crippen MR) is 73.0 cm³/mol. The molecule has 94 valence electrons. The lowest BCUT2D eigenvalue weighted by molar-refractivity contribution is 0.178. The van der Waals surface area contributed by atoms with Gasteiger partial charge < -0.3 is 15.4 Å². The summed E-state index contributed by atoms with van der Waals surface area (Å²) in [4.78, 5) is 6.69. The number of rotatable bonds is 7. The fourth-order valence-corrected chi connectivity index (χ4v) is 1.69. The first-order valence-electron chi connectivity index (χ1n) is 5.55. The summed E-state index contributed by atoms with van der Waals surface area (Å²) in [6.45, 7) is 2.65. The summed E-state index contributed by atoms with van der Waals surface area (Å²) in [6.07, 6.45) is 2.77. The Bertz CT molecular complexity index is 371. The number of nitrogens with zero attached hydrogens (tertiary/aromatic N) is 2. The molecule has 0 saturated carbocycles. The monoisotopic (exact) mass is 253 g/mol. The fourth-order valence-electron chi connectivity index (χ4n) is 1.58. The van der Waals surface area contributed by atoms with E-state index < -0.39 is 0 Å². The molecule has 0 fully saturated rings. The van der Waals surface area contributed by atoms with Crippen molar-refractivity contribution in [1.29, 1.82) is 0 Å². The number of pyridine rings is 1. The van der Waals surface area contributed by atoms with Gasteiger partial charge in [0.1, 0.15) is 4.99 Å². The molecule has 1 aromatic heterocycles. The van der Waals surface area contributed by atoms with Crippen LogP contribution in [0.5, 0.6) is 0 Å². The summed E-state index contributed by atoms with van der Waals surface area (Å²) >= 11 is 4.91. The SMILES string of the molecule is COCCCN(C)Cc1ccnc(C(N)=S)c1. The number of nitrogens with two attached hydrogens (primary N) is 1. The van der Waals surface area contributed by atoms with E-state index in [1.165, 1.54) is 5.56 Å². The molecule has 0 unspecified atom stereocenters. The van der Waals surface area contributed by atoms with E-state index in [4.69, 9.17) is 22.7 Å². The topological polar surface area (TPSA) is 51.4 Å². The highest BCUT2D eigenvalue weighted by Crippen LogP contribution is 2.05. The van der Waals surface area contributed by atoms with E-state index in [-0.39, 0.29) is 0 Å². The Morgan fingerprint density at radius 2 is 2.35 bits per heavy atom. The maximum Gasteiger partial charge on any atom is 0.122 e. The first kappa shape index (κ1) is 14.0. The van der Waals surface area contributed by atoms with Crippen molar-refractivity contribution in [1.82, 2.24) is 9.88 Å². The van der Waals surface area contributed by atoms with E-state index >= 15 is 0 Å². The summed E-state index contributed by atoms with van der Waals surface area (Å²) in [5, 5.41) is 0. The molecule has 0 aliphatic carbocycles. The van der Waals surface area contributed by atoms with Gasteiger partial charge in [-0.05, 0) is 31.2 Å². The Hall–Kier alpha value is -1.04. The first-order chi connectivity index (χ1) is 8.13. The van der Waals surface area contributed by atoms with Crippen LogP contribution in [0.3, 0.4) is 0 Å². The van der Waals surface area contributed by atoms with Gasteiger partial charge in [-0.25, -0.2) is 0 Å². The van der Waals surface area contributed by atoms with E-state index in [2.05, 4.69) is 16.9 Å². The molecule has 0 saturated heterocycles. The molecule has 4 nitrogen and oxygen atoms in total. The van der Waals surface area contributed by atoms with Crippen molar-refractivity contribution in [2.45, 2.75) is 13.0 Å². The van der Waals surface area contributed by atoms with Crippen molar-refractivity contribution in [3.05, 3.63) is 29.6 Å². The van der Waals surface area contributed by atoms with Crippen LogP contribution in [0.4, 0.5) is 0 Å². The number of hydrogen-bond acceptors (Lipinski definition) is 4. The van der Waals surface area contributed by atoms with Gasteiger partial charge in [0.15, 0.2) is 0 Å². The number of methoxy groups -OCH3 is 1. The highest BCUT2D eigenvalue weighted by molar-refractivity contribution is 7.80. The minimum atomic E-state index is 0.342. The Morgan fingerprint density at radius 1 is 1.59 bits per heavy atom. The maximum absolute atomic E-state index is 5.55. The molecular formula is C12H19N3OS. The first-order valence-corrected chi connectivity index (χ1v) is 5.96. The molecular weight excluding hydrogens is 234 g/mol. The van der Waals surface area contributed by atoms with Gasteiger partial charge in [0.05, 0.1) is 5.69 Å². The number of ether oxygens (including phenoxy) is 1. The van der Waals surface area contributed by atoms with Gasteiger partial charge >= 0.3 is 0 Å². The third kappa shape index (κ3) is 5.21. The highest BCUT2D eigenvalue weighted by Gasteiger charge is 2.03. The molecule has 5 heteroatoms. The van der Waals surface area contributed by atoms with E-state index in [0.29, 0.717) is 10.7 Å². The van der Waals surface area contributed by atoms with Crippen molar-refractivity contribution in [3.8, 4) is 0 Å². The summed E-state index contributed by atoms with van der Waals surface area (Å²) < 4.78 is 5.02. The van der Waals surface area contributed by atoms with Crippen LogP contribution in [0, 0.1) is 0 Å². The van der Waals surface area contributed by atoms with E-state index in [0.717, 1.165) is 26.1 Å². The van der Waals surface area contributed by atoms with Crippen molar-refractivity contribution < 1.29 is 4.74 Å². The lowest BCUT2D eigenvalue weighted by atomic mass is 10.2. The van der Waals surface area contributed by atoms with Crippen LogP contribution in [-0.4, -0.2) is 42.2 Å². The van der Waals surface area contributed by atoms with Crippen LogP contribution in [-0.2, 0) is 11.3 Å². The minimum absolute atomic E-state index is 0.342. The third-order valence-electron chi connectivity index (χ3n) is 2.42. The van der Waals surface area contributed by atoms with E-state index in [1.807, 2.05) is 12.1 Å². The van der Waals surface area contributed by atoms with Crippen molar-refractivity contribution in [2.24, 2.45) is 5.73 Å². The molecule has 0 bridgehead atoms. The summed E-state index contributed by atoms with van der Waals surface area (Å²) in [5.74, 6) is 0. The van der Waals surface area contributed by atoms with Crippen LogP contribution in [0.15, 0.2) is 18.3 Å². The second kappa shape index (κ2) is 7.32. The van der Waals surface area contributed by atoms with Gasteiger partial charge in [-0.2, -0.15) is 0 Å². The molecule has 0 aliphatic heterocycles. The summed E-state index contributed by atoms with van der Waals surface area (Å²) in [7, 11) is 3.80. The zero-order valence-electron chi connectivity index (χ0n) is 10.3. The van der Waals surface area contributed by atoms with Crippen LogP contribution < -0.4 is 5.73 Å². The normalized spacial score (nSPS) is 10.8. The molecule has 0 spiro atoms. The lowest BCUT2D eigenvalue weighted by Crippen LogP contribution is -2.21. The molecule has 17 heavy (non-hydrogen) atoms. The molecule has 0 amide bonds. The van der Waals surface area contributed by atoms with Gasteiger partial charge in [0, 0.05) is 33.0 Å². The molecule has 1 heterocycles. The largest absolute Gasteiger partial charge is 0.388 e. The number of hydrogen-bond donors (Lipinski definition) is 1. The Balaban J connectivity index is 2.50. The lowest BCUT2D eigenvalue weighted by Gasteiger charge is -2.16. The van der Waals surface area contributed by atoms with Crippen LogP contribution in [0.25, 0.3) is 0 Å². The second-order valence-electron chi connectivity index (χ2n) is 4.00. The Kier molecular flexibility index (Phi) is 6.04. The van der Waals surface area contributed by atoms with Crippen LogP contribution in [0.2, 0.25) is 0 Å². The molecule has 0 atom stereocenters. The highest BCUT2D eigenvalue weighted by atomic mass is 32.1. The molecule has 2 N–H and O–H groups in total. The van der Waals surface area contributed by atoms with E-state index in [1.54, 1.807) is 13.3 Å². The van der Waals surface area contributed by atoms with Gasteiger partial charge in [0.25, 0.3) is 0 Å². The maximum atomic E-state index is 5.55. The third-order valence-corrected chi connectivity index (χ3v) is 2.63. The molecule has 0 radical (unpaired) electrons. The summed E-state index contributed by atoms with van der Waals surface area (Å²) in [5.41, 5.74) is 7.40. The molecule has 0 aliphatic rings. The van der Waals surface area contributed by atoms with Gasteiger partial charge in [-0.3, -0.25) is 4.98 Å². The van der Waals surface area contributed by atoms with Crippen LogP contribution in [0.1, 0.15) is 17.7 Å². The quantitative estimate of drug-likeness (QED) is 0.584. The van der Waals surface area contributed by atoms with Gasteiger partial charge in [-0.1, -0.05) is 12.2 Å². The second-order valence-corrected chi connectivity index (χ2v) is 4.44. The van der Waals surface area contributed by atoms with E-state index in [9.17, 15) is 0 Å². The molecule has 1 aromatic rings. The Morgan fingerprint density at radius 3 is 3.00 bits per heavy atom. The average molecular weight is 253 g/mol. The number of aromatic nitrogens is 1. The Labute approximate surface area is 108 Å². The van der Waals surface area contributed by atoms with Crippen molar-refractivity contribution in [2.75, 3.05) is 27.3 Å². The average Bonchev–Trinajstić information content (AvgIpc) is 2.29. The molecule has 0 aromatic carbocycles. The van der Waals surface area contributed by atoms with Gasteiger partial charge in [-0.15, -0.1) is 0 Å². The van der Waals surface area contributed by atoms with Crippen molar-refractivity contribution >= 4 is 17.2 Å². The van der Waals surface area contributed by atoms with Crippen molar-refractivity contribution in [3.63, 3.8) is 0 Å².